The number of benzene rings is 1. The molecule has 1 aromatic heterocycles. The predicted molar refractivity (Wildman–Crippen MR) is 136 cm³/mol. The summed E-state index contributed by atoms with van der Waals surface area (Å²) in [6, 6.07) is 10.7. The van der Waals surface area contributed by atoms with Gasteiger partial charge in [-0.1, -0.05) is 29.8 Å². The summed E-state index contributed by atoms with van der Waals surface area (Å²) in [6.45, 7) is 3.25. The summed E-state index contributed by atoms with van der Waals surface area (Å²) in [5, 5.41) is 5.37. The normalized spacial score (nSPS) is 24.2. The molecule has 0 N–H and O–H groups in total. The number of ether oxygens (including phenoxy) is 1. The minimum Gasteiger partial charge on any atom is -0.374 e. The van der Waals surface area contributed by atoms with Crippen LogP contribution in [0.3, 0.4) is 0 Å². The number of hydrogen-bond donors (Lipinski definition) is 0. The molecule has 0 radical (unpaired) electrons. The van der Waals surface area contributed by atoms with Gasteiger partial charge in [-0.15, -0.1) is 12.4 Å². The van der Waals surface area contributed by atoms with Gasteiger partial charge in [0, 0.05) is 42.6 Å². The van der Waals surface area contributed by atoms with Gasteiger partial charge in [-0.2, -0.15) is 5.10 Å². The van der Waals surface area contributed by atoms with E-state index < -0.39 is 9.84 Å². The van der Waals surface area contributed by atoms with Gasteiger partial charge >= 0.3 is 0 Å². The van der Waals surface area contributed by atoms with Crippen molar-refractivity contribution >= 4 is 39.4 Å². The van der Waals surface area contributed by atoms with Crippen LogP contribution in [0, 0.1) is 6.92 Å². The molecule has 2 aromatic rings. The zero-order valence-electron chi connectivity index (χ0n) is 19.4. The lowest BCUT2D eigenvalue weighted by Crippen LogP contribution is -2.56. The smallest absolute Gasteiger partial charge is 0.150 e. The van der Waals surface area contributed by atoms with E-state index in [1.165, 1.54) is 17.4 Å². The van der Waals surface area contributed by atoms with Crippen LogP contribution in [0.25, 0.3) is 5.57 Å². The van der Waals surface area contributed by atoms with Crippen LogP contribution < -0.4 is 0 Å². The first-order valence-electron chi connectivity index (χ1n) is 11.2. The second-order valence-electron chi connectivity index (χ2n) is 9.18. The van der Waals surface area contributed by atoms with E-state index in [0.29, 0.717) is 19.2 Å². The molecule has 33 heavy (non-hydrogen) atoms. The van der Waals surface area contributed by atoms with Gasteiger partial charge in [-0.3, -0.25) is 9.58 Å². The summed E-state index contributed by atoms with van der Waals surface area (Å²) in [4.78, 5) is 2.49. The summed E-state index contributed by atoms with van der Waals surface area (Å²) in [6.07, 6.45) is 7.12. The van der Waals surface area contributed by atoms with Gasteiger partial charge < -0.3 is 4.74 Å². The Morgan fingerprint density at radius 3 is 2.55 bits per heavy atom. The molecule has 4 rings (SSSR count). The van der Waals surface area contributed by atoms with Gasteiger partial charge in [0.1, 0.15) is 9.84 Å². The Hall–Kier alpha value is -1.38. The third kappa shape index (κ3) is 6.83. The molecule has 6 nitrogen and oxygen atoms in total. The third-order valence-corrected chi connectivity index (χ3v) is 7.81. The molecule has 1 unspecified atom stereocenters. The molecule has 0 saturated carbocycles. The summed E-state index contributed by atoms with van der Waals surface area (Å²) < 4.78 is 31.7. The molecule has 1 fully saturated rings. The molecular weight excluding hydrogens is 481 g/mol. The second kappa shape index (κ2) is 10.9. The molecular formula is C24H33Cl2N3O3S. The molecule has 0 amide bonds. The molecule has 3 atom stereocenters. The average molecular weight is 515 g/mol. The second-order valence-corrected chi connectivity index (χ2v) is 11.8. The van der Waals surface area contributed by atoms with E-state index in [-0.39, 0.29) is 30.3 Å². The highest BCUT2D eigenvalue weighted by molar-refractivity contribution is 7.90. The van der Waals surface area contributed by atoms with Crippen LogP contribution >= 0.6 is 24.0 Å². The lowest BCUT2D eigenvalue weighted by atomic mass is 9.90. The van der Waals surface area contributed by atoms with Crippen molar-refractivity contribution < 1.29 is 13.2 Å². The Morgan fingerprint density at radius 2 is 1.97 bits per heavy atom. The van der Waals surface area contributed by atoms with Crippen molar-refractivity contribution in [2.45, 2.75) is 50.8 Å². The van der Waals surface area contributed by atoms with Crippen LogP contribution in [-0.2, 0) is 28.0 Å². The zero-order valence-corrected chi connectivity index (χ0v) is 21.8. The first-order valence-corrected chi connectivity index (χ1v) is 13.6. The van der Waals surface area contributed by atoms with Crippen LogP contribution in [0.2, 0.25) is 5.02 Å². The van der Waals surface area contributed by atoms with E-state index in [9.17, 15) is 8.42 Å². The van der Waals surface area contributed by atoms with E-state index >= 15 is 0 Å². The highest BCUT2D eigenvalue weighted by Crippen LogP contribution is 2.32. The monoisotopic (exact) mass is 513 g/mol. The van der Waals surface area contributed by atoms with Crippen molar-refractivity contribution in [1.82, 2.24) is 14.7 Å². The molecule has 182 valence electrons. The fourth-order valence-corrected chi connectivity index (χ4v) is 5.81. The Labute approximate surface area is 208 Å². The number of aryl methyl sites for hydroxylation is 2. The maximum Gasteiger partial charge on any atom is 0.150 e. The fourth-order valence-electron chi connectivity index (χ4n) is 4.81. The minimum atomic E-state index is -3.09. The highest BCUT2D eigenvalue weighted by atomic mass is 35.5. The van der Waals surface area contributed by atoms with Gasteiger partial charge in [-0.05, 0) is 61.9 Å². The van der Waals surface area contributed by atoms with Gasteiger partial charge in [0.15, 0.2) is 0 Å². The Bertz CT molecular complexity index is 1060. The van der Waals surface area contributed by atoms with Crippen molar-refractivity contribution in [1.29, 1.82) is 0 Å². The molecule has 0 bridgehead atoms. The summed E-state index contributed by atoms with van der Waals surface area (Å²) in [7, 11) is -1.12. The van der Waals surface area contributed by atoms with Gasteiger partial charge in [0.05, 0.1) is 24.2 Å². The maximum atomic E-state index is 11.9. The third-order valence-electron chi connectivity index (χ3n) is 6.58. The number of nitrogens with zero attached hydrogens (tertiary/aromatic N) is 3. The van der Waals surface area contributed by atoms with E-state index in [0.717, 1.165) is 42.1 Å². The minimum absolute atomic E-state index is 0. The van der Waals surface area contributed by atoms with E-state index in [2.05, 4.69) is 41.2 Å². The van der Waals surface area contributed by atoms with Gasteiger partial charge in [-0.25, -0.2) is 8.42 Å². The summed E-state index contributed by atoms with van der Waals surface area (Å²) in [5.41, 5.74) is 4.74. The largest absolute Gasteiger partial charge is 0.374 e. The highest BCUT2D eigenvalue weighted by Gasteiger charge is 2.35. The summed E-state index contributed by atoms with van der Waals surface area (Å²) in [5.74, 6) is 0.0676. The number of allylic oxidation sites excluding steroid dienone is 1. The molecule has 1 aliphatic heterocycles. The number of sulfone groups is 1. The topological polar surface area (TPSA) is 64.4 Å². The van der Waals surface area contributed by atoms with Crippen molar-refractivity contribution in [2.75, 3.05) is 25.2 Å². The SMILES string of the molecule is Cc1cc(C2=CCC(N3C[C@H](CS(C)(=O)=O)OC[C@@H]3Cc3ccc(Cl)cc3)CC2)nn1C.Cl. The quantitative estimate of drug-likeness (QED) is 0.581. The van der Waals surface area contributed by atoms with Crippen molar-refractivity contribution in [3.8, 4) is 0 Å². The number of halogens is 2. The van der Waals surface area contributed by atoms with Crippen LogP contribution in [0.5, 0.6) is 0 Å². The number of aromatic nitrogens is 2. The fraction of sp³-hybridized carbons (Fsp3) is 0.542. The Kier molecular flexibility index (Phi) is 8.67. The predicted octanol–water partition coefficient (Wildman–Crippen LogP) is 4.10. The zero-order chi connectivity index (χ0) is 22.9. The van der Waals surface area contributed by atoms with E-state index in [1.54, 1.807) is 0 Å². The number of rotatable bonds is 6. The molecule has 1 aromatic carbocycles. The molecule has 2 aliphatic rings. The molecule has 0 spiro atoms. The van der Waals surface area contributed by atoms with Gasteiger partial charge in [0.25, 0.3) is 0 Å². The Morgan fingerprint density at radius 1 is 1.24 bits per heavy atom. The number of morpholine rings is 1. The van der Waals surface area contributed by atoms with Crippen LogP contribution in [0.4, 0.5) is 0 Å². The number of hydrogen-bond acceptors (Lipinski definition) is 5. The van der Waals surface area contributed by atoms with Crippen molar-refractivity contribution in [2.24, 2.45) is 7.05 Å². The van der Waals surface area contributed by atoms with Crippen molar-refractivity contribution in [3.05, 3.63) is 58.4 Å². The van der Waals surface area contributed by atoms with Crippen LogP contribution in [0.15, 0.2) is 36.4 Å². The lowest BCUT2D eigenvalue weighted by molar-refractivity contribution is -0.0708. The average Bonchev–Trinajstić information content (AvgIpc) is 3.08. The van der Waals surface area contributed by atoms with Gasteiger partial charge in [0.2, 0.25) is 0 Å². The molecule has 2 heterocycles. The lowest BCUT2D eigenvalue weighted by Gasteiger charge is -2.45. The molecule has 1 saturated heterocycles. The van der Waals surface area contributed by atoms with E-state index in [1.807, 2.05) is 23.9 Å². The maximum absolute atomic E-state index is 11.9. The standard InChI is InChI=1S/C24H32ClN3O3S.ClH/c1-17-12-24(26-27(17)2)19-6-10-21(11-7-19)28-14-23(16-32(3,29)30)31-15-22(28)13-18-4-8-20(25)9-5-18;/h4-6,8-9,12,21-23H,7,10-11,13-16H2,1-3H3;1H/t21?,22-,23+;/m0./s1. The van der Waals surface area contributed by atoms with E-state index in [4.69, 9.17) is 16.3 Å². The van der Waals surface area contributed by atoms with Crippen molar-refractivity contribution in [3.63, 3.8) is 0 Å². The molecule has 1 aliphatic carbocycles. The molecule has 9 heteroatoms. The first-order chi connectivity index (χ1) is 15.2. The van der Waals surface area contributed by atoms with Crippen LogP contribution in [0.1, 0.15) is 36.2 Å². The van der Waals surface area contributed by atoms with Crippen LogP contribution in [-0.4, -0.2) is 66.4 Å². The summed E-state index contributed by atoms with van der Waals surface area (Å²) >= 11 is 6.06. The first kappa shape index (κ1) is 26.2. The Balaban J connectivity index is 0.00000306.